The van der Waals surface area contributed by atoms with E-state index in [2.05, 4.69) is 52.7 Å². The van der Waals surface area contributed by atoms with Crippen molar-refractivity contribution in [2.45, 2.75) is 18.8 Å². The summed E-state index contributed by atoms with van der Waals surface area (Å²) in [6, 6.07) is 10.4. The zero-order valence-electron chi connectivity index (χ0n) is 15.7. The number of aliphatic imine (C=N–C) groups is 1. The van der Waals surface area contributed by atoms with Gasteiger partial charge in [-0.15, -0.1) is 0 Å². The highest BCUT2D eigenvalue weighted by molar-refractivity contribution is 5.94. The van der Waals surface area contributed by atoms with E-state index in [0.717, 1.165) is 48.5 Å². The summed E-state index contributed by atoms with van der Waals surface area (Å²) in [7, 11) is 1.65. The van der Waals surface area contributed by atoms with Crippen LogP contribution in [0.5, 0.6) is 0 Å². The lowest BCUT2D eigenvalue weighted by molar-refractivity contribution is 0.508. The van der Waals surface area contributed by atoms with Crippen molar-refractivity contribution in [3.8, 4) is 0 Å². The first-order chi connectivity index (χ1) is 13.8. The zero-order valence-corrected chi connectivity index (χ0v) is 15.7. The first kappa shape index (κ1) is 17.8. The molecule has 0 saturated carbocycles. The first-order valence-corrected chi connectivity index (χ1v) is 9.27. The van der Waals surface area contributed by atoms with Crippen molar-refractivity contribution in [2.75, 3.05) is 30.4 Å². The van der Waals surface area contributed by atoms with Crippen LogP contribution < -0.4 is 15.6 Å². The van der Waals surface area contributed by atoms with Crippen LogP contribution in [-0.2, 0) is 0 Å². The highest BCUT2D eigenvalue weighted by atomic mass is 15.4. The van der Waals surface area contributed by atoms with Crippen LogP contribution in [0.3, 0.4) is 0 Å². The molecule has 2 aromatic heterocycles. The maximum atomic E-state index is 6.93. The Labute approximate surface area is 163 Å². The largest absolute Gasteiger partial charge is 0.355 e. The van der Waals surface area contributed by atoms with Crippen molar-refractivity contribution < 1.29 is 0 Å². The summed E-state index contributed by atoms with van der Waals surface area (Å²) in [5.41, 5.74) is 5.59. The van der Waals surface area contributed by atoms with Crippen molar-refractivity contribution in [3.05, 3.63) is 59.9 Å². The lowest BCUT2D eigenvalue weighted by Crippen LogP contribution is -2.35. The Morgan fingerprint density at radius 3 is 3.14 bits per heavy atom. The van der Waals surface area contributed by atoms with Crippen molar-refractivity contribution >= 4 is 28.5 Å². The number of guanidine groups is 1. The van der Waals surface area contributed by atoms with Gasteiger partial charge in [0, 0.05) is 37.9 Å². The quantitative estimate of drug-likeness (QED) is 0.284. The average Bonchev–Trinajstić information content (AvgIpc) is 3.23. The van der Waals surface area contributed by atoms with Gasteiger partial charge in [-0.1, -0.05) is 17.6 Å². The number of nitrogens with one attached hydrogen (secondary N) is 3. The molecule has 1 atom stereocenters. The molecule has 8 nitrogen and oxygen atoms in total. The molecule has 0 aliphatic carbocycles. The fourth-order valence-electron chi connectivity index (χ4n) is 3.75. The molecule has 1 saturated heterocycles. The van der Waals surface area contributed by atoms with Gasteiger partial charge in [-0.3, -0.25) is 4.99 Å². The summed E-state index contributed by atoms with van der Waals surface area (Å²) < 4.78 is 0. The van der Waals surface area contributed by atoms with Gasteiger partial charge in [-0.2, -0.15) is 11.5 Å². The van der Waals surface area contributed by atoms with E-state index in [-0.39, 0.29) is 0 Å². The van der Waals surface area contributed by atoms with E-state index in [1.165, 1.54) is 5.56 Å². The number of aromatic amines is 1. The van der Waals surface area contributed by atoms with Crippen LogP contribution in [0.4, 0.5) is 11.5 Å². The molecule has 1 aliphatic heterocycles. The third-order valence-corrected chi connectivity index (χ3v) is 5.06. The molecule has 3 heterocycles. The second kappa shape index (κ2) is 7.96. The highest BCUT2D eigenvalue weighted by Gasteiger charge is 2.24. The lowest BCUT2D eigenvalue weighted by Gasteiger charge is -2.34. The molecule has 0 radical (unpaired) electrons. The number of H-pyrrole nitrogens is 1. The summed E-state index contributed by atoms with van der Waals surface area (Å²) >= 11 is 0. The molecule has 4 rings (SSSR count). The Bertz CT molecular complexity index is 1030. The van der Waals surface area contributed by atoms with E-state index < -0.39 is 0 Å². The molecule has 3 aromatic rings. The highest BCUT2D eigenvalue weighted by Crippen LogP contribution is 2.32. The van der Waals surface area contributed by atoms with Crippen LogP contribution in [0.25, 0.3) is 16.0 Å². The standard InChI is InChI=1S/C20H22N8/c1-21-20(27-22-2)26-16-7-3-5-14(11-16)15-6-4-10-28(12-15)19-17-8-9-23-18(17)24-13-25-19/h3,5,7-9,11,13,15H,4,6,10,12H2,1H3,(H2,21,26,27)(H,23,24,25). The van der Waals surface area contributed by atoms with E-state index in [1.54, 1.807) is 13.4 Å². The van der Waals surface area contributed by atoms with Crippen molar-refractivity contribution in [2.24, 2.45) is 4.99 Å². The molecule has 0 bridgehead atoms. The molecule has 8 heteroatoms. The predicted octanol–water partition coefficient (Wildman–Crippen LogP) is 3.16. The SMILES string of the molecule is [C-]#[N+]NC(=NC)Nc1cccc(C2CCCN(c3ncnc4[nH]ccc34)C2)c1. The lowest BCUT2D eigenvalue weighted by atomic mass is 9.90. The second-order valence-corrected chi connectivity index (χ2v) is 6.77. The molecule has 1 unspecified atom stereocenters. The van der Waals surface area contributed by atoms with Gasteiger partial charge in [0.15, 0.2) is 0 Å². The van der Waals surface area contributed by atoms with Gasteiger partial charge in [0.25, 0.3) is 5.96 Å². The first-order valence-electron chi connectivity index (χ1n) is 9.27. The molecule has 142 valence electrons. The fourth-order valence-corrected chi connectivity index (χ4v) is 3.75. The van der Waals surface area contributed by atoms with Gasteiger partial charge in [-0.25, -0.2) is 9.97 Å². The van der Waals surface area contributed by atoms with Gasteiger partial charge >= 0.3 is 0 Å². The van der Waals surface area contributed by atoms with E-state index >= 15 is 0 Å². The van der Waals surface area contributed by atoms with Crippen LogP contribution >= 0.6 is 0 Å². The van der Waals surface area contributed by atoms with Gasteiger partial charge in [0.2, 0.25) is 0 Å². The minimum atomic E-state index is 0.412. The second-order valence-electron chi connectivity index (χ2n) is 6.77. The molecule has 1 fully saturated rings. The molecule has 1 aromatic carbocycles. The molecule has 0 spiro atoms. The Kier molecular flexibility index (Phi) is 5.06. The summed E-state index contributed by atoms with van der Waals surface area (Å²) in [4.78, 5) is 21.6. The number of aromatic nitrogens is 3. The number of benzene rings is 1. The number of fused-ring (bicyclic) bond motifs is 1. The average molecular weight is 374 g/mol. The number of piperidine rings is 1. The Balaban J connectivity index is 1.54. The van der Waals surface area contributed by atoms with Crippen LogP contribution in [0.1, 0.15) is 24.3 Å². The summed E-state index contributed by atoms with van der Waals surface area (Å²) in [6.45, 7) is 8.84. The minimum absolute atomic E-state index is 0.412. The molecular formula is C20H22N8. The summed E-state index contributed by atoms with van der Waals surface area (Å²) in [5, 5.41) is 4.22. The fraction of sp³-hybridized carbons (Fsp3) is 0.300. The van der Waals surface area contributed by atoms with E-state index in [1.807, 2.05) is 24.4 Å². The zero-order chi connectivity index (χ0) is 19.3. The smallest absolute Gasteiger partial charge is 0.266 e. The normalized spacial score (nSPS) is 17.4. The van der Waals surface area contributed by atoms with Crippen molar-refractivity contribution in [1.82, 2.24) is 20.4 Å². The van der Waals surface area contributed by atoms with Crippen LogP contribution in [0.15, 0.2) is 47.8 Å². The van der Waals surface area contributed by atoms with E-state index in [9.17, 15) is 0 Å². The third kappa shape index (κ3) is 3.60. The Hall–Kier alpha value is -3.60. The molecular weight excluding hydrogens is 352 g/mol. The summed E-state index contributed by atoms with van der Waals surface area (Å²) in [6.07, 6.45) is 5.78. The number of hydrogen-bond acceptors (Lipinski definition) is 4. The van der Waals surface area contributed by atoms with Crippen molar-refractivity contribution in [3.63, 3.8) is 0 Å². The van der Waals surface area contributed by atoms with Gasteiger partial charge in [-0.05, 0) is 36.6 Å². The Morgan fingerprint density at radius 1 is 1.36 bits per heavy atom. The topological polar surface area (TPSA) is 85.6 Å². The molecule has 3 N–H and O–H groups in total. The Morgan fingerprint density at radius 2 is 2.29 bits per heavy atom. The maximum Gasteiger partial charge on any atom is 0.266 e. The monoisotopic (exact) mass is 374 g/mol. The number of hydrogen-bond donors (Lipinski definition) is 3. The number of rotatable bonds is 3. The van der Waals surface area contributed by atoms with Crippen LogP contribution in [-0.4, -0.2) is 41.0 Å². The van der Waals surface area contributed by atoms with Gasteiger partial charge < -0.3 is 15.2 Å². The minimum Gasteiger partial charge on any atom is -0.355 e. The molecule has 1 aliphatic rings. The number of anilines is 2. The van der Waals surface area contributed by atoms with E-state index in [4.69, 9.17) is 6.57 Å². The van der Waals surface area contributed by atoms with Crippen molar-refractivity contribution in [1.29, 1.82) is 0 Å². The van der Waals surface area contributed by atoms with Gasteiger partial charge in [0.1, 0.15) is 17.8 Å². The summed E-state index contributed by atoms with van der Waals surface area (Å²) in [5.74, 6) is 1.84. The van der Waals surface area contributed by atoms with Gasteiger partial charge in [0.05, 0.1) is 5.39 Å². The maximum absolute atomic E-state index is 6.93. The van der Waals surface area contributed by atoms with Crippen LogP contribution in [0.2, 0.25) is 0 Å². The molecule has 28 heavy (non-hydrogen) atoms. The molecule has 0 amide bonds. The van der Waals surface area contributed by atoms with Crippen LogP contribution in [0, 0.1) is 6.57 Å². The van der Waals surface area contributed by atoms with E-state index in [0.29, 0.717) is 11.9 Å². The number of nitrogens with zero attached hydrogens (tertiary/aromatic N) is 5. The third-order valence-electron chi connectivity index (χ3n) is 5.06. The predicted molar refractivity (Wildman–Crippen MR) is 111 cm³/mol.